The lowest BCUT2D eigenvalue weighted by Gasteiger charge is -2.03. The first kappa shape index (κ1) is 11.8. The SMILES string of the molecule is OCc1c(-c2ccc3c(c2)OCO3)sc2ccccc12. The molecule has 4 rings (SSSR count). The van der Waals surface area contributed by atoms with Crippen molar-refractivity contribution in [2.75, 3.05) is 6.79 Å². The average molecular weight is 284 g/mol. The number of aliphatic hydroxyl groups is 1. The van der Waals surface area contributed by atoms with Crippen LogP contribution in [0.4, 0.5) is 0 Å². The maximum Gasteiger partial charge on any atom is 0.231 e. The Kier molecular flexibility index (Phi) is 2.65. The summed E-state index contributed by atoms with van der Waals surface area (Å²) in [5.74, 6) is 1.55. The number of hydrogen-bond donors (Lipinski definition) is 1. The van der Waals surface area contributed by atoms with Crippen LogP contribution in [0.5, 0.6) is 11.5 Å². The molecule has 0 saturated heterocycles. The Morgan fingerprint density at radius 2 is 1.90 bits per heavy atom. The molecule has 0 radical (unpaired) electrons. The summed E-state index contributed by atoms with van der Waals surface area (Å²) in [4.78, 5) is 1.09. The molecule has 2 aromatic carbocycles. The van der Waals surface area contributed by atoms with Crippen molar-refractivity contribution in [2.24, 2.45) is 0 Å². The van der Waals surface area contributed by atoms with E-state index < -0.39 is 0 Å². The van der Waals surface area contributed by atoms with Crippen LogP contribution >= 0.6 is 11.3 Å². The highest BCUT2D eigenvalue weighted by Gasteiger charge is 2.17. The van der Waals surface area contributed by atoms with Gasteiger partial charge in [0.15, 0.2) is 11.5 Å². The molecule has 20 heavy (non-hydrogen) atoms. The summed E-state index contributed by atoms with van der Waals surface area (Å²) >= 11 is 1.69. The minimum absolute atomic E-state index is 0.0355. The molecule has 1 aliphatic rings. The molecule has 0 spiro atoms. The van der Waals surface area contributed by atoms with Crippen molar-refractivity contribution in [1.29, 1.82) is 0 Å². The number of benzene rings is 2. The highest BCUT2D eigenvalue weighted by molar-refractivity contribution is 7.22. The van der Waals surface area contributed by atoms with Gasteiger partial charge in [0.05, 0.1) is 6.61 Å². The lowest BCUT2D eigenvalue weighted by atomic mass is 10.1. The lowest BCUT2D eigenvalue weighted by Crippen LogP contribution is -1.92. The average Bonchev–Trinajstić information content (AvgIpc) is 3.10. The van der Waals surface area contributed by atoms with Gasteiger partial charge in [-0.1, -0.05) is 18.2 Å². The van der Waals surface area contributed by atoms with Crippen LogP contribution < -0.4 is 9.47 Å². The predicted molar refractivity (Wildman–Crippen MR) is 79.3 cm³/mol. The fourth-order valence-corrected chi connectivity index (χ4v) is 3.74. The fourth-order valence-electron chi connectivity index (χ4n) is 2.53. The van der Waals surface area contributed by atoms with Crippen LogP contribution in [-0.4, -0.2) is 11.9 Å². The van der Waals surface area contributed by atoms with E-state index in [0.717, 1.165) is 32.9 Å². The van der Waals surface area contributed by atoms with E-state index in [1.54, 1.807) is 11.3 Å². The number of hydrogen-bond acceptors (Lipinski definition) is 4. The van der Waals surface area contributed by atoms with Crippen LogP contribution in [0.25, 0.3) is 20.5 Å². The summed E-state index contributed by atoms with van der Waals surface area (Å²) in [6.07, 6.45) is 0. The zero-order chi connectivity index (χ0) is 13.5. The highest BCUT2D eigenvalue weighted by Crippen LogP contribution is 2.42. The van der Waals surface area contributed by atoms with Gasteiger partial charge in [-0.05, 0) is 35.2 Å². The van der Waals surface area contributed by atoms with Crippen LogP contribution in [0, 0.1) is 0 Å². The predicted octanol–water partition coefficient (Wildman–Crippen LogP) is 3.79. The minimum Gasteiger partial charge on any atom is -0.454 e. The molecule has 1 aliphatic heterocycles. The first-order chi connectivity index (χ1) is 9.86. The number of aliphatic hydroxyl groups excluding tert-OH is 1. The van der Waals surface area contributed by atoms with Gasteiger partial charge in [-0.2, -0.15) is 0 Å². The molecule has 0 bridgehead atoms. The molecule has 1 N–H and O–H groups in total. The van der Waals surface area contributed by atoms with Gasteiger partial charge in [0.1, 0.15) is 0 Å². The topological polar surface area (TPSA) is 38.7 Å². The summed E-state index contributed by atoms with van der Waals surface area (Å²) in [5.41, 5.74) is 2.03. The van der Waals surface area contributed by atoms with Gasteiger partial charge in [-0.15, -0.1) is 11.3 Å². The third kappa shape index (κ3) is 1.69. The number of rotatable bonds is 2. The fraction of sp³-hybridized carbons (Fsp3) is 0.125. The molecule has 0 amide bonds. The van der Waals surface area contributed by atoms with Gasteiger partial charge in [-0.3, -0.25) is 0 Å². The first-order valence-corrected chi connectivity index (χ1v) is 7.20. The molecule has 100 valence electrons. The number of ether oxygens (including phenoxy) is 2. The van der Waals surface area contributed by atoms with E-state index in [1.807, 2.05) is 36.4 Å². The van der Waals surface area contributed by atoms with E-state index in [1.165, 1.54) is 4.70 Å². The summed E-state index contributed by atoms with van der Waals surface area (Å²) in [5, 5.41) is 10.8. The molecule has 1 aromatic heterocycles. The molecular weight excluding hydrogens is 272 g/mol. The van der Waals surface area contributed by atoms with Gasteiger partial charge in [0, 0.05) is 15.1 Å². The molecule has 3 aromatic rings. The van der Waals surface area contributed by atoms with Crippen molar-refractivity contribution in [2.45, 2.75) is 6.61 Å². The van der Waals surface area contributed by atoms with Crippen LogP contribution in [0.1, 0.15) is 5.56 Å². The summed E-state index contributed by atoms with van der Waals surface area (Å²) in [6.45, 7) is 0.311. The monoisotopic (exact) mass is 284 g/mol. The second-order valence-electron chi connectivity index (χ2n) is 4.63. The second kappa shape index (κ2) is 4.51. The van der Waals surface area contributed by atoms with Crippen molar-refractivity contribution in [3.05, 3.63) is 48.0 Å². The van der Waals surface area contributed by atoms with Gasteiger partial charge >= 0.3 is 0 Å². The van der Waals surface area contributed by atoms with Crippen molar-refractivity contribution < 1.29 is 14.6 Å². The third-order valence-electron chi connectivity index (χ3n) is 3.49. The van der Waals surface area contributed by atoms with E-state index in [2.05, 4.69) is 6.07 Å². The zero-order valence-electron chi connectivity index (χ0n) is 10.6. The van der Waals surface area contributed by atoms with Gasteiger partial charge in [0.25, 0.3) is 0 Å². The van der Waals surface area contributed by atoms with Crippen molar-refractivity contribution >= 4 is 21.4 Å². The largest absolute Gasteiger partial charge is 0.454 e. The summed E-state index contributed by atoms with van der Waals surface area (Å²) < 4.78 is 11.9. The van der Waals surface area contributed by atoms with E-state index in [-0.39, 0.29) is 13.4 Å². The third-order valence-corrected chi connectivity index (χ3v) is 4.75. The van der Waals surface area contributed by atoms with Gasteiger partial charge < -0.3 is 14.6 Å². The molecule has 0 unspecified atom stereocenters. The maximum atomic E-state index is 9.71. The highest BCUT2D eigenvalue weighted by atomic mass is 32.1. The molecular formula is C16H12O3S. The molecule has 0 fully saturated rings. The standard InChI is InChI=1S/C16H12O3S/c17-8-12-11-3-1-2-4-15(11)20-16(12)10-5-6-13-14(7-10)19-9-18-13/h1-7,17H,8-9H2. The maximum absolute atomic E-state index is 9.71. The summed E-state index contributed by atoms with van der Waals surface area (Å²) in [6, 6.07) is 14.1. The number of fused-ring (bicyclic) bond motifs is 2. The first-order valence-electron chi connectivity index (χ1n) is 6.38. The van der Waals surface area contributed by atoms with E-state index in [9.17, 15) is 5.11 Å². The molecule has 0 aliphatic carbocycles. The minimum atomic E-state index is 0.0355. The Morgan fingerprint density at radius 3 is 2.80 bits per heavy atom. The Morgan fingerprint density at radius 1 is 1.05 bits per heavy atom. The smallest absolute Gasteiger partial charge is 0.231 e. The van der Waals surface area contributed by atoms with E-state index in [4.69, 9.17) is 9.47 Å². The molecule has 4 heteroatoms. The normalized spacial score (nSPS) is 13.1. The molecule has 2 heterocycles. The van der Waals surface area contributed by atoms with Crippen molar-refractivity contribution in [3.8, 4) is 21.9 Å². The van der Waals surface area contributed by atoms with Crippen LogP contribution in [-0.2, 0) is 6.61 Å². The van der Waals surface area contributed by atoms with Gasteiger partial charge in [-0.25, -0.2) is 0 Å². The van der Waals surface area contributed by atoms with E-state index in [0.29, 0.717) is 0 Å². The van der Waals surface area contributed by atoms with Crippen LogP contribution in [0.15, 0.2) is 42.5 Å². The van der Waals surface area contributed by atoms with E-state index >= 15 is 0 Å². The zero-order valence-corrected chi connectivity index (χ0v) is 11.4. The molecule has 0 atom stereocenters. The summed E-state index contributed by atoms with van der Waals surface area (Å²) in [7, 11) is 0. The van der Waals surface area contributed by atoms with Crippen molar-refractivity contribution in [3.63, 3.8) is 0 Å². The Bertz CT molecular complexity index is 792. The van der Waals surface area contributed by atoms with Crippen LogP contribution in [0.2, 0.25) is 0 Å². The lowest BCUT2D eigenvalue weighted by molar-refractivity contribution is 0.174. The van der Waals surface area contributed by atoms with Crippen LogP contribution in [0.3, 0.4) is 0 Å². The molecule has 3 nitrogen and oxygen atoms in total. The second-order valence-corrected chi connectivity index (χ2v) is 5.68. The quantitative estimate of drug-likeness (QED) is 0.778. The number of thiophene rings is 1. The van der Waals surface area contributed by atoms with Gasteiger partial charge in [0.2, 0.25) is 6.79 Å². The molecule has 0 saturated carbocycles. The van der Waals surface area contributed by atoms with Crippen molar-refractivity contribution in [1.82, 2.24) is 0 Å². The Labute approximate surface area is 120 Å². The Balaban J connectivity index is 1.93. The Hall–Kier alpha value is -2.04.